The van der Waals surface area contributed by atoms with Crippen molar-refractivity contribution < 1.29 is 32.3 Å². The van der Waals surface area contributed by atoms with Crippen LogP contribution in [0.3, 0.4) is 0 Å². The number of hydrogen-bond acceptors (Lipinski definition) is 11. The number of carbonyl (C=O) groups is 3. The van der Waals surface area contributed by atoms with Crippen molar-refractivity contribution >= 4 is 78.7 Å². The number of anilines is 1. The number of carbonyl (C=O) groups excluding carboxylic acids is 3. The maximum absolute atomic E-state index is 14.9. The predicted octanol–water partition coefficient (Wildman–Crippen LogP) is 7.94. The number of aryl methyl sites for hydroxylation is 1. The highest BCUT2D eigenvalue weighted by Crippen LogP contribution is 2.46. The fraction of sp³-hybridized carbons (Fsp3) is 0.477. The van der Waals surface area contributed by atoms with E-state index in [-0.39, 0.29) is 31.2 Å². The summed E-state index contributed by atoms with van der Waals surface area (Å²) in [5.41, 5.74) is 1.55. The third-order valence-corrected chi connectivity index (χ3v) is 15.6. The Hall–Kier alpha value is -4.44. The summed E-state index contributed by atoms with van der Waals surface area (Å²) in [4.78, 5) is 54.9. The van der Waals surface area contributed by atoms with Crippen molar-refractivity contribution in [3.05, 3.63) is 75.2 Å². The normalized spacial score (nSPS) is 25.2. The van der Waals surface area contributed by atoms with Crippen molar-refractivity contribution in [1.82, 2.24) is 24.9 Å². The Morgan fingerprint density at radius 2 is 1.84 bits per heavy atom. The summed E-state index contributed by atoms with van der Waals surface area (Å²) >= 11 is 14.1. The molecule has 2 saturated carbocycles. The lowest BCUT2D eigenvalue weighted by atomic mass is 10.0. The van der Waals surface area contributed by atoms with E-state index in [1.54, 1.807) is 25.3 Å². The molecule has 2 aromatic carbocycles. The third kappa shape index (κ3) is 9.07. The van der Waals surface area contributed by atoms with Gasteiger partial charge in [-0.05, 0) is 98.7 Å². The fourth-order valence-electron chi connectivity index (χ4n) is 8.30. The van der Waals surface area contributed by atoms with Crippen LogP contribution >= 0.6 is 34.5 Å². The van der Waals surface area contributed by atoms with E-state index in [2.05, 4.69) is 29.2 Å². The highest BCUT2D eigenvalue weighted by molar-refractivity contribution is 7.91. The van der Waals surface area contributed by atoms with Crippen LogP contribution < -0.4 is 24.8 Å². The molecule has 4 heterocycles. The SMILES string of the molecule is COc1ccc2c(O[C@@H]3C[C@H]4C(=O)N[C@]5(C(=O)NS(=O)(=O)C6CC6)C[C@H]5/C=C\CCCCC[C@H](Nc5ccc(Cl)c(Cl)c5)C(=O)N4C3)nc(-c3nc(C(C)C)cs3)cc2c1C. The number of ether oxygens (including phenoxy) is 2. The summed E-state index contributed by atoms with van der Waals surface area (Å²) in [6.07, 6.45) is 8.03. The Kier molecular flexibility index (Phi) is 12.3. The van der Waals surface area contributed by atoms with Crippen LogP contribution in [0.2, 0.25) is 10.0 Å². The number of nitrogens with zero attached hydrogens (tertiary/aromatic N) is 3. The molecule has 13 nitrogen and oxygen atoms in total. The molecule has 17 heteroatoms. The number of allylic oxidation sites excluding steroid dienone is 1. The molecule has 0 bridgehead atoms. The van der Waals surface area contributed by atoms with Crippen LogP contribution in [0.4, 0.5) is 5.69 Å². The first-order chi connectivity index (χ1) is 29.2. The average molecular weight is 910 g/mol. The van der Waals surface area contributed by atoms with E-state index >= 15 is 0 Å². The standard InChI is InChI=1S/C44H50Cl2N6O7S2/c1-24(2)36-23-60-41(49-36)35-20-31-25(3)38(58-4)17-15-30(31)40(48-35)59-28-19-37-39(53)50-44(43(55)51-61(56,57)29-13-14-29)21-26(44)10-8-6-5-7-9-11-34(42(54)52(37)22-28)47-27-12-16-32(45)33(46)18-27/h8,10,12,15-18,20,23-24,26,28-29,34,37,47H,5-7,9,11,13-14,19,21-22H2,1-4H3,(H,50,53)(H,51,55)/b10-8-/t26-,28-,34+,37+,44-/m1/s1. The molecule has 4 aromatic rings. The number of hydrogen-bond donors (Lipinski definition) is 3. The first-order valence-corrected chi connectivity index (χ1v) is 24.0. The number of benzene rings is 2. The predicted molar refractivity (Wildman–Crippen MR) is 238 cm³/mol. The molecule has 0 radical (unpaired) electrons. The Morgan fingerprint density at radius 1 is 1.03 bits per heavy atom. The van der Waals surface area contributed by atoms with Crippen LogP contribution in [0, 0.1) is 12.8 Å². The van der Waals surface area contributed by atoms with Gasteiger partial charge in [-0.25, -0.2) is 18.4 Å². The molecule has 0 unspecified atom stereocenters. The number of fused-ring (bicyclic) bond motifs is 3. The average Bonchev–Trinajstić information content (AvgIpc) is 4.10. The van der Waals surface area contributed by atoms with Gasteiger partial charge >= 0.3 is 0 Å². The van der Waals surface area contributed by atoms with Gasteiger partial charge in [-0.15, -0.1) is 11.3 Å². The van der Waals surface area contributed by atoms with E-state index in [1.807, 2.05) is 42.7 Å². The van der Waals surface area contributed by atoms with Crippen LogP contribution in [-0.2, 0) is 24.4 Å². The van der Waals surface area contributed by atoms with E-state index in [1.165, 1.54) is 16.2 Å². The van der Waals surface area contributed by atoms with Crippen molar-refractivity contribution in [3.63, 3.8) is 0 Å². The maximum Gasteiger partial charge on any atom is 0.259 e. The number of nitrogens with one attached hydrogen (secondary N) is 3. The van der Waals surface area contributed by atoms with Gasteiger partial charge in [0.25, 0.3) is 5.91 Å². The lowest BCUT2D eigenvalue weighted by Gasteiger charge is -2.30. The number of aromatic nitrogens is 2. The van der Waals surface area contributed by atoms with Gasteiger partial charge in [-0.2, -0.15) is 0 Å². The van der Waals surface area contributed by atoms with E-state index in [4.69, 9.17) is 42.6 Å². The zero-order chi connectivity index (χ0) is 43.2. The molecule has 1 saturated heterocycles. The van der Waals surface area contributed by atoms with Crippen molar-refractivity contribution in [2.75, 3.05) is 19.0 Å². The number of thiazole rings is 1. The number of rotatable bonds is 10. The zero-order valence-corrected chi connectivity index (χ0v) is 37.6. The molecule has 3 N–H and O–H groups in total. The third-order valence-electron chi connectivity index (χ3n) is 12.1. The van der Waals surface area contributed by atoms with Crippen LogP contribution in [-0.4, -0.2) is 83.6 Å². The Bertz CT molecular complexity index is 2510. The van der Waals surface area contributed by atoms with Gasteiger partial charge in [0.2, 0.25) is 27.7 Å². The van der Waals surface area contributed by atoms with Crippen molar-refractivity contribution in [3.8, 4) is 22.3 Å². The zero-order valence-electron chi connectivity index (χ0n) is 34.5. The summed E-state index contributed by atoms with van der Waals surface area (Å²) < 4.78 is 40.7. The minimum Gasteiger partial charge on any atom is -0.496 e. The molecular formula is C44H50Cl2N6O7S2. The molecule has 0 spiro atoms. The molecule has 61 heavy (non-hydrogen) atoms. The van der Waals surface area contributed by atoms with E-state index < -0.39 is 56.7 Å². The van der Waals surface area contributed by atoms with Crippen molar-refractivity contribution in [2.24, 2.45) is 5.92 Å². The highest BCUT2D eigenvalue weighted by atomic mass is 35.5. The Balaban J connectivity index is 1.16. The van der Waals surface area contributed by atoms with Gasteiger partial charge in [-0.1, -0.05) is 62.0 Å². The number of amides is 3. The first kappa shape index (κ1) is 43.2. The molecule has 8 rings (SSSR count). The Morgan fingerprint density at radius 3 is 2.56 bits per heavy atom. The maximum atomic E-state index is 14.9. The van der Waals surface area contributed by atoms with Crippen LogP contribution in [0.5, 0.6) is 11.6 Å². The summed E-state index contributed by atoms with van der Waals surface area (Å²) in [5, 5.41) is 10.7. The number of sulfonamides is 1. The van der Waals surface area contributed by atoms with Crippen LogP contribution in [0.1, 0.15) is 88.8 Å². The van der Waals surface area contributed by atoms with Gasteiger partial charge in [-0.3, -0.25) is 19.1 Å². The summed E-state index contributed by atoms with van der Waals surface area (Å²) in [6.45, 7) is 6.17. The Labute approximate surface area is 370 Å². The minimum atomic E-state index is -3.90. The second-order valence-electron chi connectivity index (χ2n) is 16.9. The summed E-state index contributed by atoms with van der Waals surface area (Å²) in [7, 11) is -2.28. The second kappa shape index (κ2) is 17.4. The monoisotopic (exact) mass is 908 g/mol. The largest absolute Gasteiger partial charge is 0.496 e. The molecule has 2 aliphatic heterocycles. The smallest absolute Gasteiger partial charge is 0.259 e. The minimum absolute atomic E-state index is 0.0341. The van der Waals surface area contributed by atoms with Crippen molar-refractivity contribution in [2.45, 2.75) is 113 Å². The molecular weight excluding hydrogens is 860 g/mol. The molecule has 2 aromatic heterocycles. The quantitative estimate of drug-likeness (QED) is 0.133. The summed E-state index contributed by atoms with van der Waals surface area (Å²) in [5.74, 6) is -0.853. The van der Waals surface area contributed by atoms with Gasteiger partial charge in [0, 0.05) is 28.8 Å². The highest BCUT2D eigenvalue weighted by Gasteiger charge is 2.62. The number of pyridine rings is 1. The molecule has 3 fully saturated rings. The first-order valence-electron chi connectivity index (χ1n) is 20.8. The van der Waals surface area contributed by atoms with E-state index in [0.717, 1.165) is 52.7 Å². The second-order valence-corrected chi connectivity index (χ2v) is 20.5. The van der Waals surface area contributed by atoms with Crippen LogP contribution in [0.15, 0.2) is 53.9 Å². The molecule has 2 aliphatic carbocycles. The lowest BCUT2D eigenvalue weighted by molar-refractivity contribution is -0.140. The van der Waals surface area contributed by atoms with Gasteiger partial charge < -0.3 is 25.0 Å². The molecule has 324 valence electrons. The van der Waals surface area contributed by atoms with E-state index in [0.29, 0.717) is 52.3 Å². The number of methoxy groups -OCH3 is 1. The fourth-order valence-corrected chi connectivity index (χ4v) is 10.9. The molecule has 4 aliphatic rings. The van der Waals surface area contributed by atoms with Crippen LogP contribution in [0.25, 0.3) is 21.5 Å². The van der Waals surface area contributed by atoms with Gasteiger partial charge in [0.05, 0.1) is 34.6 Å². The van der Waals surface area contributed by atoms with Gasteiger partial charge in [0.15, 0.2) is 0 Å². The number of halogens is 2. The van der Waals surface area contributed by atoms with Crippen molar-refractivity contribution in [1.29, 1.82) is 0 Å². The topological polar surface area (TPSA) is 169 Å². The molecule has 3 amide bonds. The summed E-state index contributed by atoms with van der Waals surface area (Å²) in [6, 6.07) is 8.97. The van der Waals surface area contributed by atoms with Gasteiger partial charge in [0.1, 0.15) is 40.2 Å². The lowest BCUT2D eigenvalue weighted by Crippen LogP contribution is -2.57. The molecule has 5 atom stereocenters. The van der Waals surface area contributed by atoms with E-state index in [9.17, 15) is 22.8 Å².